The van der Waals surface area contributed by atoms with Crippen molar-refractivity contribution in [3.63, 3.8) is 0 Å². The van der Waals surface area contributed by atoms with Gasteiger partial charge in [-0.3, -0.25) is 14.4 Å². The molecule has 1 fully saturated rings. The monoisotopic (exact) mass is 528 g/mol. The van der Waals surface area contributed by atoms with Crippen LogP contribution < -0.4 is 11.1 Å². The van der Waals surface area contributed by atoms with E-state index in [-0.39, 0.29) is 29.7 Å². The fourth-order valence-corrected chi connectivity index (χ4v) is 5.58. The maximum atomic E-state index is 14.2. The van der Waals surface area contributed by atoms with Crippen molar-refractivity contribution < 1.29 is 14.4 Å². The van der Waals surface area contributed by atoms with Crippen LogP contribution in [0.1, 0.15) is 36.8 Å². The number of rotatable bonds is 9. The van der Waals surface area contributed by atoms with Gasteiger partial charge in [-0.1, -0.05) is 72.8 Å². The van der Waals surface area contributed by atoms with Crippen molar-refractivity contribution in [1.29, 1.82) is 0 Å². The first-order valence-electron chi connectivity index (χ1n) is 13.8. The van der Waals surface area contributed by atoms with Gasteiger partial charge in [0.05, 0.1) is 0 Å². The van der Waals surface area contributed by atoms with Gasteiger partial charge in [0.15, 0.2) is 0 Å². The molecule has 0 spiro atoms. The Hall–Kier alpha value is -3.71. The molecule has 1 aliphatic rings. The smallest absolute Gasteiger partial charge is 0.246 e. The summed E-state index contributed by atoms with van der Waals surface area (Å²) in [5.41, 5.74) is 8.00. The molecule has 0 saturated heterocycles. The van der Waals surface area contributed by atoms with Gasteiger partial charge in [0, 0.05) is 45.9 Å². The summed E-state index contributed by atoms with van der Waals surface area (Å²) in [6.45, 7) is 0. The minimum atomic E-state index is -0.748. The van der Waals surface area contributed by atoms with E-state index < -0.39 is 12.1 Å². The third-order valence-electron chi connectivity index (χ3n) is 8.10. The molecule has 2 atom stereocenters. The van der Waals surface area contributed by atoms with Crippen molar-refractivity contribution in [2.45, 2.75) is 56.7 Å². The molecule has 3 amide bonds. The molecule has 1 aliphatic carbocycles. The summed E-state index contributed by atoms with van der Waals surface area (Å²) in [6.07, 6.45) is 3.81. The van der Waals surface area contributed by atoms with Gasteiger partial charge in [-0.15, -0.1) is 0 Å². The molecule has 7 nitrogen and oxygen atoms in total. The van der Waals surface area contributed by atoms with Gasteiger partial charge in [0.25, 0.3) is 0 Å². The van der Waals surface area contributed by atoms with Crippen LogP contribution in [0.25, 0.3) is 10.8 Å². The van der Waals surface area contributed by atoms with Gasteiger partial charge in [-0.05, 0) is 47.6 Å². The Bertz CT molecular complexity index is 1290. The van der Waals surface area contributed by atoms with E-state index in [9.17, 15) is 14.4 Å². The van der Waals surface area contributed by atoms with Gasteiger partial charge >= 0.3 is 0 Å². The lowest BCUT2D eigenvalue weighted by molar-refractivity contribution is -0.149. The van der Waals surface area contributed by atoms with Crippen LogP contribution in [0.4, 0.5) is 0 Å². The standard InChI is InChI=1S/C32H40N4O3/c1-34-30(37)28(20-22-9-5-4-6-10-22)35(2)32(39)29(36(3)31(38)25-15-17-27(33)18-16-25)21-23-13-14-24-11-7-8-12-26(24)19-23/h4-14,19,25,27-29H,15-18,20-21,33H2,1-3H3,(H,34,37)/t25?,27?,28-,29+/m1/s1. The van der Waals surface area contributed by atoms with E-state index >= 15 is 0 Å². The Morgan fingerprint density at radius 1 is 0.795 bits per heavy atom. The maximum absolute atomic E-state index is 14.2. The quantitative estimate of drug-likeness (QED) is 0.444. The summed E-state index contributed by atoms with van der Waals surface area (Å²) in [5, 5.41) is 4.91. The molecule has 3 aromatic rings. The number of carbonyl (C=O) groups excluding carboxylic acids is 3. The van der Waals surface area contributed by atoms with Crippen LogP contribution in [-0.2, 0) is 27.2 Å². The summed E-state index contributed by atoms with van der Waals surface area (Å²) >= 11 is 0. The van der Waals surface area contributed by atoms with E-state index in [2.05, 4.69) is 17.4 Å². The highest BCUT2D eigenvalue weighted by Crippen LogP contribution is 2.27. The van der Waals surface area contributed by atoms with Gasteiger partial charge in [-0.2, -0.15) is 0 Å². The molecule has 3 aromatic carbocycles. The zero-order valence-corrected chi connectivity index (χ0v) is 23.2. The van der Waals surface area contributed by atoms with Crippen molar-refractivity contribution in [3.05, 3.63) is 83.9 Å². The number of nitrogens with one attached hydrogen (secondary N) is 1. The van der Waals surface area contributed by atoms with E-state index in [4.69, 9.17) is 5.73 Å². The molecule has 0 radical (unpaired) electrons. The van der Waals surface area contributed by atoms with Gasteiger partial charge in [0.1, 0.15) is 12.1 Å². The Morgan fingerprint density at radius 3 is 2.08 bits per heavy atom. The Kier molecular flexibility index (Phi) is 9.36. The van der Waals surface area contributed by atoms with E-state index in [1.54, 1.807) is 26.0 Å². The summed E-state index contributed by atoms with van der Waals surface area (Å²) in [4.78, 5) is 43.9. The number of likely N-dealkylation sites (N-methyl/N-ethyl adjacent to an activating group) is 3. The first kappa shape index (κ1) is 28.3. The van der Waals surface area contributed by atoms with Crippen LogP contribution in [0.15, 0.2) is 72.8 Å². The van der Waals surface area contributed by atoms with E-state index in [1.807, 2.05) is 60.7 Å². The second-order valence-corrected chi connectivity index (χ2v) is 10.7. The number of hydrogen-bond donors (Lipinski definition) is 2. The lowest BCUT2D eigenvalue weighted by atomic mass is 9.85. The summed E-state index contributed by atoms with van der Waals surface area (Å²) in [7, 11) is 4.96. The highest BCUT2D eigenvalue weighted by Gasteiger charge is 2.37. The molecule has 0 aliphatic heterocycles. The highest BCUT2D eigenvalue weighted by atomic mass is 16.2. The third kappa shape index (κ3) is 6.84. The zero-order valence-electron chi connectivity index (χ0n) is 23.2. The zero-order chi connectivity index (χ0) is 27.9. The number of amides is 3. The molecule has 0 bridgehead atoms. The highest BCUT2D eigenvalue weighted by molar-refractivity contribution is 5.93. The maximum Gasteiger partial charge on any atom is 0.246 e. The molecule has 1 saturated carbocycles. The molecule has 3 N–H and O–H groups in total. The van der Waals surface area contributed by atoms with E-state index in [0.29, 0.717) is 12.8 Å². The molecular formula is C32H40N4O3. The first-order chi connectivity index (χ1) is 18.8. The molecular weight excluding hydrogens is 488 g/mol. The molecule has 4 rings (SSSR count). The van der Waals surface area contributed by atoms with Crippen molar-refractivity contribution in [1.82, 2.24) is 15.1 Å². The summed E-state index contributed by atoms with van der Waals surface area (Å²) in [6, 6.07) is 22.6. The predicted molar refractivity (Wildman–Crippen MR) is 155 cm³/mol. The molecule has 0 aromatic heterocycles. The number of benzene rings is 3. The number of nitrogens with zero attached hydrogens (tertiary/aromatic N) is 2. The molecule has 206 valence electrons. The average Bonchev–Trinajstić information content (AvgIpc) is 2.97. The lowest BCUT2D eigenvalue weighted by Crippen LogP contribution is -2.56. The van der Waals surface area contributed by atoms with Crippen LogP contribution in [0, 0.1) is 5.92 Å². The topological polar surface area (TPSA) is 95.7 Å². The predicted octanol–water partition coefficient (Wildman–Crippen LogP) is 3.54. The van der Waals surface area contributed by atoms with Crippen LogP contribution in [-0.4, -0.2) is 66.8 Å². The number of hydrogen-bond acceptors (Lipinski definition) is 4. The van der Waals surface area contributed by atoms with E-state index in [1.165, 1.54) is 4.90 Å². The van der Waals surface area contributed by atoms with Gasteiger partial charge in [0.2, 0.25) is 17.7 Å². The van der Waals surface area contributed by atoms with Crippen LogP contribution >= 0.6 is 0 Å². The third-order valence-corrected chi connectivity index (χ3v) is 8.10. The Labute approximate surface area is 231 Å². The minimum Gasteiger partial charge on any atom is -0.357 e. The van der Waals surface area contributed by atoms with Gasteiger partial charge < -0.3 is 20.9 Å². The largest absolute Gasteiger partial charge is 0.357 e. The minimum absolute atomic E-state index is 0.0333. The van der Waals surface area contributed by atoms with Crippen LogP contribution in [0.3, 0.4) is 0 Å². The lowest BCUT2D eigenvalue weighted by Gasteiger charge is -2.36. The SMILES string of the molecule is CNC(=O)[C@@H](Cc1ccccc1)N(C)C(=O)[C@H](Cc1ccc2ccccc2c1)N(C)C(=O)C1CCC(N)CC1. The number of nitrogens with two attached hydrogens (primary N) is 1. The summed E-state index contributed by atoms with van der Waals surface area (Å²) < 4.78 is 0. The van der Waals surface area contributed by atoms with E-state index in [0.717, 1.165) is 47.6 Å². The number of fused-ring (bicyclic) bond motifs is 1. The van der Waals surface area contributed by atoms with Crippen molar-refractivity contribution in [2.75, 3.05) is 21.1 Å². The Balaban J connectivity index is 1.63. The Morgan fingerprint density at radius 2 is 1.41 bits per heavy atom. The summed E-state index contributed by atoms with van der Waals surface area (Å²) in [5.74, 6) is -0.675. The van der Waals surface area contributed by atoms with Crippen molar-refractivity contribution >= 4 is 28.5 Å². The molecule has 7 heteroatoms. The average molecular weight is 529 g/mol. The van der Waals surface area contributed by atoms with Gasteiger partial charge in [-0.25, -0.2) is 0 Å². The van der Waals surface area contributed by atoms with Crippen LogP contribution in [0.5, 0.6) is 0 Å². The molecule has 0 unspecified atom stereocenters. The fraction of sp³-hybridized carbons (Fsp3) is 0.406. The fourth-order valence-electron chi connectivity index (χ4n) is 5.58. The first-order valence-corrected chi connectivity index (χ1v) is 13.8. The molecule has 39 heavy (non-hydrogen) atoms. The normalized spacial score (nSPS) is 18.7. The van der Waals surface area contributed by atoms with Crippen molar-refractivity contribution in [3.8, 4) is 0 Å². The van der Waals surface area contributed by atoms with Crippen LogP contribution in [0.2, 0.25) is 0 Å². The number of carbonyl (C=O) groups is 3. The van der Waals surface area contributed by atoms with Crippen molar-refractivity contribution in [2.24, 2.45) is 11.7 Å². The second kappa shape index (κ2) is 12.9. The second-order valence-electron chi connectivity index (χ2n) is 10.7. The molecule has 0 heterocycles.